The summed E-state index contributed by atoms with van der Waals surface area (Å²) >= 11 is 0. The number of carbonyl (C=O) groups is 2. The number of rotatable bonds is 6. The molecule has 8 heteroatoms. The van der Waals surface area contributed by atoms with Crippen LogP contribution < -0.4 is 0 Å². The number of phosphoric ester groups is 1. The minimum Gasteiger partial charge on any atom is -0.393 e. The Balaban J connectivity index is 4.28. The molecule has 0 aromatic heterocycles. The molecule has 0 heterocycles. The molecule has 0 aromatic rings. The normalized spacial score (nSPS) is 12.6. The van der Waals surface area contributed by atoms with E-state index in [1.54, 1.807) is 27.7 Å². The standard InChI is InChI=1S/C10H19O7P/c1-7(2)9(12)17-8(11)5-10(3,4)6-16-18(13,14)15/h7H,5-6H2,1-4H3,(H2,13,14,15). The zero-order valence-corrected chi connectivity index (χ0v) is 11.8. The van der Waals surface area contributed by atoms with E-state index in [-0.39, 0.29) is 13.0 Å². The van der Waals surface area contributed by atoms with Gasteiger partial charge in [0.15, 0.2) is 0 Å². The van der Waals surface area contributed by atoms with E-state index in [1.807, 2.05) is 0 Å². The van der Waals surface area contributed by atoms with Gasteiger partial charge in [-0.05, 0) is 5.41 Å². The molecule has 0 bridgehead atoms. The van der Waals surface area contributed by atoms with Crippen LogP contribution in [-0.4, -0.2) is 28.3 Å². The minimum atomic E-state index is -4.57. The summed E-state index contributed by atoms with van der Waals surface area (Å²) in [5.74, 6) is -1.79. The molecule has 18 heavy (non-hydrogen) atoms. The molecule has 0 rings (SSSR count). The largest absolute Gasteiger partial charge is 0.469 e. The second-order valence-electron chi connectivity index (χ2n) is 5.05. The average Bonchev–Trinajstić information content (AvgIpc) is 2.12. The molecule has 0 radical (unpaired) electrons. The van der Waals surface area contributed by atoms with Crippen molar-refractivity contribution in [3.63, 3.8) is 0 Å². The van der Waals surface area contributed by atoms with Gasteiger partial charge in [-0.2, -0.15) is 0 Å². The van der Waals surface area contributed by atoms with Crippen LogP contribution in [0, 0.1) is 11.3 Å². The minimum absolute atomic E-state index is 0.175. The van der Waals surface area contributed by atoms with Crippen LogP contribution in [0.15, 0.2) is 0 Å². The van der Waals surface area contributed by atoms with Gasteiger partial charge in [0.25, 0.3) is 0 Å². The first-order valence-corrected chi connectivity index (χ1v) is 6.90. The Hall–Kier alpha value is -0.750. The smallest absolute Gasteiger partial charge is 0.393 e. The van der Waals surface area contributed by atoms with Gasteiger partial charge in [-0.3, -0.25) is 14.1 Å². The summed E-state index contributed by atoms with van der Waals surface area (Å²) in [6, 6.07) is 0. The maximum Gasteiger partial charge on any atom is 0.469 e. The lowest BCUT2D eigenvalue weighted by atomic mass is 9.91. The van der Waals surface area contributed by atoms with E-state index < -0.39 is 31.1 Å². The molecule has 0 unspecified atom stereocenters. The van der Waals surface area contributed by atoms with Crippen molar-refractivity contribution in [3.8, 4) is 0 Å². The van der Waals surface area contributed by atoms with Crippen LogP contribution in [0.1, 0.15) is 34.1 Å². The van der Waals surface area contributed by atoms with Gasteiger partial charge in [0, 0.05) is 0 Å². The van der Waals surface area contributed by atoms with E-state index in [0.717, 1.165) is 0 Å². The van der Waals surface area contributed by atoms with Gasteiger partial charge < -0.3 is 14.5 Å². The number of ether oxygens (including phenoxy) is 1. The van der Waals surface area contributed by atoms with Crippen molar-refractivity contribution >= 4 is 19.8 Å². The van der Waals surface area contributed by atoms with Crippen LogP contribution in [0.5, 0.6) is 0 Å². The number of phosphoric acid groups is 1. The molecular weight excluding hydrogens is 263 g/mol. The van der Waals surface area contributed by atoms with Crippen molar-refractivity contribution in [2.45, 2.75) is 34.1 Å². The number of hydrogen-bond acceptors (Lipinski definition) is 5. The van der Waals surface area contributed by atoms with E-state index in [9.17, 15) is 14.2 Å². The Kier molecular flexibility index (Phi) is 6.16. The topological polar surface area (TPSA) is 110 Å². The van der Waals surface area contributed by atoms with Gasteiger partial charge in [-0.25, -0.2) is 4.57 Å². The summed E-state index contributed by atoms with van der Waals surface area (Å²) in [4.78, 5) is 39.7. The van der Waals surface area contributed by atoms with Crippen molar-refractivity contribution in [1.82, 2.24) is 0 Å². The highest BCUT2D eigenvalue weighted by atomic mass is 31.2. The van der Waals surface area contributed by atoms with E-state index >= 15 is 0 Å². The second kappa shape index (κ2) is 6.43. The van der Waals surface area contributed by atoms with Crippen molar-refractivity contribution in [1.29, 1.82) is 0 Å². The van der Waals surface area contributed by atoms with Crippen LogP contribution in [0.25, 0.3) is 0 Å². The fourth-order valence-corrected chi connectivity index (χ4v) is 1.48. The third kappa shape index (κ3) is 8.36. The van der Waals surface area contributed by atoms with Gasteiger partial charge in [-0.15, -0.1) is 0 Å². The van der Waals surface area contributed by atoms with E-state index in [0.29, 0.717) is 0 Å². The van der Waals surface area contributed by atoms with Gasteiger partial charge in [0.2, 0.25) is 0 Å². The second-order valence-corrected chi connectivity index (χ2v) is 6.29. The maximum atomic E-state index is 11.4. The lowest BCUT2D eigenvalue weighted by Crippen LogP contribution is -2.26. The number of hydrogen-bond donors (Lipinski definition) is 2. The number of carbonyl (C=O) groups excluding carboxylic acids is 2. The molecule has 0 saturated carbocycles. The molecule has 0 aromatic carbocycles. The molecule has 7 nitrogen and oxygen atoms in total. The first-order valence-electron chi connectivity index (χ1n) is 5.37. The van der Waals surface area contributed by atoms with Gasteiger partial charge in [0.1, 0.15) is 0 Å². The first-order chi connectivity index (χ1) is 7.93. The van der Waals surface area contributed by atoms with E-state index in [1.165, 1.54) is 0 Å². The van der Waals surface area contributed by atoms with Crippen molar-refractivity contribution in [2.75, 3.05) is 6.61 Å². The van der Waals surface area contributed by atoms with Crippen molar-refractivity contribution in [3.05, 3.63) is 0 Å². The highest BCUT2D eigenvalue weighted by Gasteiger charge is 2.28. The van der Waals surface area contributed by atoms with Crippen LogP contribution in [0.4, 0.5) is 0 Å². The molecule has 0 saturated heterocycles. The average molecular weight is 282 g/mol. The molecule has 106 valence electrons. The quantitative estimate of drug-likeness (QED) is 0.428. The Morgan fingerprint density at radius 2 is 1.78 bits per heavy atom. The summed E-state index contributed by atoms with van der Waals surface area (Å²) in [5.41, 5.74) is -0.838. The number of esters is 2. The lowest BCUT2D eigenvalue weighted by Gasteiger charge is -2.23. The van der Waals surface area contributed by atoms with E-state index in [4.69, 9.17) is 9.79 Å². The summed E-state index contributed by atoms with van der Waals surface area (Å²) in [6.07, 6.45) is -0.175. The highest BCUT2D eigenvalue weighted by molar-refractivity contribution is 7.46. The fourth-order valence-electron chi connectivity index (χ4n) is 0.967. The molecule has 0 amide bonds. The summed E-state index contributed by atoms with van der Waals surface area (Å²) < 4.78 is 19.4. The van der Waals surface area contributed by atoms with Crippen LogP contribution in [-0.2, 0) is 23.4 Å². The Morgan fingerprint density at radius 3 is 2.17 bits per heavy atom. The summed E-state index contributed by atoms with van der Waals surface area (Å²) in [6.45, 7) is 6.02. The predicted octanol–water partition coefficient (Wildman–Crippen LogP) is 1.24. The van der Waals surface area contributed by atoms with Gasteiger partial charge >= 0.3 is 19.8 Å². The monoisotopic (exact) mass is 282 g/mol. The van der Waals surface area contributed by atoms with Crippen LogP contribution in [0.3, 0.4) is 0 Å². The molecule has 0 aliphatic carbocycles. The third-order valence-electron chi connectivity index (χ3n) is 1.93. The zero-order valence-electron chi connectivity index (χ0n) is 10.9. The molecule has 0 aliphatic heterocycles. The van der Waals surface area contributed by atoms with Crippen molar-refractivity contribution < 1.29 is 33.2 Å². The first kappa shape index (κ1) is 17.2. The summed E-state index contributed by atoms with van der Waals surface area (Å²) in [7, 11) is -4.57. The van der Waals surface area contributed by atoms with Gasteiger partial charge in [-0.1, -0.05) is 27.7 Å². The molecule has 0 spiro atoms. The molecule has 0 aliphatic rings. The Labute approximate surface area is 106 Å². The lowest BCUT2D eigenvalue weighted by molar-refractivity contribution is -0.163. The molecule has 0 fully saturated rings. The maximum absolute atomic E-state index is 11.4. The molecule has 0 atom stereocenters. The Morgan fingerprint density at radius 1 is 1.28 bits per heavy atom. The molecular formula is C10H19O7P. The zero-order chi connectivity index (χ0) is 14.6. The highest BCUT2D eigenvalue weighted by Crippen LogP contribution is 2.38. The van der Waals surface area contributed by atoms with Gasteiger partial charge in [0.05, 0.1) is 18.9 Å². The fraction of sp³-hybridized carbons (Fsp3) is 0.800. The van der Waals surface area contributed by atoms with Crippen molar-refractivity contribution in [2.24, 2.45) is 11.3 Å². The summed E-state index contributed by atoms with van der Waals surface area (Å²) in [5, 5.41) is 0. The van der Waals surface area contributed by atoms with Crippen LogP contribution >= 0.6 is 7.82 Å². The third-order valence-corrected chi connectivity index (χ3v) is 2.40. The SMILES string of the molecule is CC(C)C(=O)OC(=O)CC(C)(C)COP(=O)(O)O. The predicted molar refractivity (Wildman–Crippen MR) is 62.3 cm³/mol. The Bertz CT molecular complexity index is 355. The van der Waals surface area contributed by atoms with Crippen LogP contribution in [0.2, 0.25) is 0 Å². The van der Waals surface area contributed by atoms with E-state index in [2.05, 4.69) is 9.26 Å². The molecule has 2 N–H and O–H groups in total.